The summed E-state index contributed by atoms with van der Waals surface area (Å²) in [5, 5.41) is 8.85. The van der Waals surface area contributed by atoms with E-state index in [1.165, 1.54) is 6.07 Å². The second-order valence-electron chi connectivity index (χ2n) is 4.66. The topological polar surface area (TPSA) is 83.5 Å². The minimum absolute atomic E-state index is 0.0488. The van der Waals surface area contributed by atoms with E-state index in [1.54, 1.807) is 6.92 Å². The monoisotopic (exact) mass is 289 g/mol. The molecule has 1 aromatic heterocycles. The van der Waals surface area contributed by atoms with Crippen molar-refractivity contribution in [3.05, 3.63) is 15.8 Å². The number of carbonyl (C=O) groups is 1. The Labute approximate surface area is 110 Å². The van der Waals surface area contributed by atoms with Gasteiger partial charge in [0.15, 0.2) is 0 Å². The Morgan fingerprint density at radius 1 is 1.61 bits per heavy atom. The molecule has 100 valence electrons. The lowest BCUT2D eigenvalue weighted by Crippen LogP contribution is -2.26. The predicted octanol–water partition coefficient (Wildman–Crippen LogP) is 1.69. The molecule has 1 heterocycles. The summed E-state index contributed by atoms with van der Waals surface area (Å²) < 4.78 is 26.6. The van der Waals surface area contributed by atoms with Crippen LogP contribution in [0.15, 0.2) is 11.0 Å². The first kappa shape index (κ1) is 13.5. The van der Waals surface area contributed by atoms with E-state index in [-0.39, 0.29) is 9.77 Å². The maximum absolute atomic E-state index is 12.0. The molecular formula is C11H15NO4S2. The fraction of sp³-hybridized carbons (Fsp3) is 0.545. The minimum atomic E-state index is -3.59. The highest BCUT2D eigenvalue weighted by molar-refractivity contribution is 7.89. The van der Waals surface area contributed by atoms with Gasteiger partial charge in [-0.05, 0) is 31.2 Å². The summed E-state index contributed by atoms with van der Waals surface area (Å²) in [6.45, 7) is 4.13. The van der Waals surface area contributed by atoms with Crippen LogP contribution in [0.5, 0.6) is 0 Å². The van der Waals surface area contributed by atoms with E-state index in [0.717, 1.165) is 17.8 Å². The van der Waals surface area contributed by atoms with Gasteiger partial charge in [0.05, 0.1) is 4.90 Å². The summed E-state index contributed by atoms with van der Waals surface area (Å²) >= 11 is 0.981. The Kier molecular flexibility index (Phi) is 3.48. The van der Waals surface area contributed by atoms with Gasteiger partial charge < -0.3 is 5.11 Å². The molecule has 0 saturated heterocycles. The minimum Gasteiger partial charge on any atom is -0.477 e. The number of hydrogen-bond donors (Lipinski definition) is 2. The van der Waals surface area contributed by atoms with Crippen molar-refractivity contribution in [3.8, 4) is 0 Å². The second kappa shape index (κ2) is 4.64. The van der Waals surface area contributed by atoms with Crippen LogP contribution in [0.25, 0.3) is 0 Å². The Morgan fingerprint density at radius 2 is 2.22 bits per heavy atom. The van der Waals surface area contributed by atoms with Crippen LogP contribution in [-0.4, -0.2) is 26.0 Å². The maximum Gasteiger partial charge on any atom is 0.345 e. The molecule has 1 aliphatic carbocycles. The lowest BCUT2D eigenvalue weighted by molar-refractivity contribution is 0.0702. The van der Waals surface area contributed by atoms with Crippen molar-refractivity contribution in [1.82, 2.24) is 4.72 Å². The summed E-state index contributed by atoms with van der Waals surface area (Å²) in [5.41, 5.74) is 0. The molecule has 0 spiro atoms. The largest absolute Gasteiger partial charge is 0.477 e. The van der Waals surface area contributed by atoms with Gasteiger partial charge in [-0.3, -0.25) is 0 Å². The zero-order chi connectivity index (χ0) is 13.5. The number of nitrogens with one attached hydrogen (secondary N) is 1. The molecule has 0 amide bonds. The summed E-state index contributed by atoms with van der Waals surface area (Å²) in [7, 11) is -3.59. The molecule has 7 heteroatoms. The van der Waals surface area contributed by atoms with Gasteiger partial charge in [0.2, 0.25) is 10.0 Å². The highest BCUT2D eigenvalue weighted by atomic mass is 32.2. The quantitative estimate of drug-likeness (QED) is 0.864. The predicted molar refractivity (Wildman–Crippen MR) is 68.5 cm³/mol. The number of aryl methyl sites for hydroxylation is 1. The molecule has 2 N–H and O–H groups in total. The molecule has 0 radical (unpaired) electrons. The third kappa shape index (κ3) is 2.73. The molecule has 1 fully saturated rings. The summed E-state index contributed by atoms with van der Waals surface area (Å²) in [6.07, 6.45) is 1.05. The maximum atomic E-state index is 12.0. The van der Waals surface area contributed by atoms with E-state index in [9.17, 15) is 13.2 Å². The van der Waals surface area contributed by atoms with Crippen molar-refractivity contribution >= 4 is 27.3 Å². The zero-order valence-corrected chi connectivity index (χ0v) is 11.8. The molecule has 2 unspecified atom stereocenters. The van der Waals surface area contributed by atoms with Gasteiger partial charge in [0, 0.05) is 11.4 Å². The molecule has 0 bridgehead atoms. The smallest absolute Gasteiger partial charge is 0.345 e. The fourth-order valence-corrected chi connectivity index (χ4v) is 4.34. The molecule has 0 aliphatic heterocycles. The third-order valence-electron chi connectivity index (χ3n) is 3.18. The van der Waals surface area contributed by atoms with Gasteiger partial charge in [-0.15, -0.1) is 11.3 Å². The van der Waals surface area contributed by atoms with Crippen LogP contribution in [0.2, 0.25) is 0 Å². The summed E-state index contributed by atoms with van der Waals surface area (Å²) in [6, 6.07) is 1.22. The molecule has 1 aromatic rings. The van der Waals surface area contributed by atoms with Crippen LogP contribution < -0.4 is 4.72 Å². The highest BCUT2D eigenvalue weighted by Crippen LogP contribution is 2.37. The third-order valence-corrected chi connectivity index (χ3v) is 5.90. The van der Waals surface area contributed by atoms with Crippen LogP contribution in [0.1, 0.15) is 27.9 Å². The van der Waals surface area contributed by atoms with E-state index in [1.807, 2.05) is 0 Å². The number of rotatable bonds is 5. The Balaban J connectivity index is 2.15. The Hall–Kier alpha value is -0.920. The van der Waals surface area contributed by atoms with Crippen molar-refractivity contribution in [2.24, 2.45) is 11.8 Å². The normalized spacial score (nSPS) is 23.0. The average Bonchev–Trinajstić information content (AvgIpc) is 2.80. The molecule has 1 aliphatic rings. The highest BCUT2D eigenvalue weighted by Gasteiger charge is 2.33. The Bertz CT molecular complexity index is 576. The number of hydrogen-bond acceptors (Lipinski definition) is 4. The van der Waals surface area contributed by atoms with Crippen molar-refractivity contribution in [1.29, 1.82) is 0 Å². The van der Waals surface area contributed by atoms with Gasteiger partial charge in [-0.1, -0.05) is 6.92 Å². The molecule has 1 saturated carbocycles. The van der Waals surface area contributed by atoms with Gasteiger partial charge >= 0.3 is 5.97 Å². The average molecular weight is 289 g/mol. The Morgan fingerprint density at radius 3 is 2.67 bits per heavy atom. The number of carboxylic acids is 1. The van der Waals surface area contributed by atoms with Gasteiger partial charge in [-0.2, -0.15) is 0 Å². The second-order valence-corrected chi connectivity index (χ2v) is 7.65. The van der Waals surface area contributed by atoms with Crippen LogP contribution in [0.4, 0.5) is 0 Å². The van der Waals surface area contributed by atoms with E-state index >= 15 is 0 Å². The van der Waals surface area contributed by atoms with Crippen molar-refractivity contribution in [2.45, 2.75) is 25.2 Å². The van der Waals surface area contributed by atoms with Crippen LogP contribution in [-0.2, 0) is 10.0 Å². The first-order valence-corrected chi connectivity index (χ1v) is 7.94. The first-order chi connectivity index (χ1) is 8.31. The summed E-state index contributed by atoms with van der Waals surface area (Å²) in [4.78, 5) is 11.4. The number of thiophene rings is 1. The SMILES string of the molecule is Cc1sc(C(=O)O)cc1S(=O)(=O)NCC1CC1C. The lowest BCUT2D eigenvalue weighted by Gasteiger charge is -2.05. The van der Waals surface area contributed by atoms with E-state index in [0.29, 0.717) is 23.3 Å². The van der Waals surface area contributed by atoms with Crippen molar-refractivity contribution in [3.63, 3.8) is 0 Å². The standard InChI is InChI=1S/C11H15NO4S2/c1-6-3-8(6)5-12-18(15,16)10-4-9(11(13)14)17-7(10)2/h4,6,8,12H,3,5H2,1-2H3,(H,13,14). The molecular weight excluding hydrogens is 274 g/mol. The van der Waals surface area contributed by atoms with E-state index in [4.69, 9.17) is 5.11 Å². The number of carboxylic acid groups (broad SMARTS) is 1. The van der Waals surface area contributed by atoms with Gasteiger partial charge in [0.1, 0.15) is 4.88 Å². The molecule has 2 atom stereocenters. The van der Waals surface area contributed by atoms with E-state index < -0.39 is 16.0 Å². The molecule has 5 nitrogen and oxygen atoms in total. The number of aromatic carboxylic acids is 1. The van der Waals surface area contributed by atoms with Gasteiger partial charge in [0.25, 0.3) is 0 Å². The lowest BCUT2D eigenvalue weighted by atomic mass is 10.3. The number of sulfonamides is 1. The van der Waals surface area contributed by atoms with Gasteiger partial charge in [-0.25, -0.2) is 17.9 Å². The first-order valence-electron chi connectivity index (χ1n) is 5.64. The van der Waals surface area contributed by atoms with Crippen molar-refractivity contribution < 1.29 is 18.3 Å². The fourth-order valence-electron chi connectivity index (χ4n) is 1.82. The van der Waals surface area contributed by atoms with E-state index in [2.05, 4.69) is 11.6 Å². The summed E-state index contributed by atoms with van der Waals surface area (Å²) in [5.74, 6) is -0.108. The van der Waals surface area contributed by atoms with Crippen LogP contribution >= 0.6 is 11.3 Å². The van der Waals surface area contributed by atoms with Crippen LogP contribution in [0.3, 0.4) is 0 Å². The molecule has 0 aromatic carbocycles. The molecule has 2 rings (SSSR count). The van der Waals surface area contributed by atoms with Crippen LogP contribution in [0, 0.1) is 18.8 Å². The molecule has 18 heavy (non-hydrogen) atoms. The zero-order valence-electron chi connectivity index (χ0n) is 10.1. The van der Waals surface area contributed by atoms with Crippen molar-refractivity contribution in [2.75, 3.05) is 6.54 Å².